The van der Waals surface area contributed by atoms with Crippen molar-refractivity contribution in [3.05, 3.63) is 0 Å². The Labute approximate surface area is 73.9 Å². The van der Waals surface area contributed by atoms with E-state index in [0.717, 1.165) is 6.42 Å². The maximum Gasteiger partial charge on any atom is 0.390 e. The van der Waals surface area contributed by atoms with Gasteiger partial charge in [-0.25, -0.2) is 4.79 Å². The highest BCUT2D eigenvalue weighted by Crippen LogP contribution is 2.18. The molecule has 1 N–H and O–H groups in total. The number of hydrogen-bond donors (Lipinski definition) is 1. The maximum atomic E-state index is 11.6. The molecule has 1 fully saturated rings. The molecule has 1 heterocycles. The Bertz CT molecular complexity index is 189. The predicted molar refractivity (Wildman–Crippen MR) is 40.3 cm³/mol. The van der Waals surface area contributed by atoms with Gasteiger partial charge >= 0.3 is 12.2 Å². The fourth-order valence-corrected chi connectivity index (χ4v) is 0.942. The Hall–Kier alpha value is -0.940. The average Bonchev–Trinajstić information content (AvgIpc) is 1.79. The van der Waals surface area contributed by atoms with Gasteiger partial charge in [0, 0.05) is 19.6 Å². The molecule has 0 radical (unpaired) electrons. The minimum Gasteiger partial charge on any atom is -0.338 e. The number of carbonyl (C=O) groups excluding carboxylic acids is 1. The molecule has 1 aliphatic heterocycles. The van der Waals surface area contributed by atoms with Crippen LogP contribution in [-0.2, 0) is 0 Å². The molecule has 2 amide bonds. The van der Waals surface area contributed by atoms with Crippen LogP contribution in [0, 0.1) is 0 Å². The minimum absolute atomic E-state index is 0.334. The van der Waals surface area contributed by atoms with Crippen molar-refractivity contribution in [1.29, 1.82) is 0 Å². The molecular formula is C7H11F3N2O. The van der Waals surface area contributed by atoms with Crippen LogP contribution in [0.5, 0.6) is 0 Å². The Kier molecular flexibility index (Phi) is 3.00. The standard InChI is InChI=1S/C7H11F3N2O/c8-7(9,10)2-3-11-6(13)12-4-1-5-12/h1-5H2,(H,11,13). The first-order valence-electron chi connectivity index (χ1n) is 4.08. The number of likely N-dealkylation sites (tertiary alicyclic amines) is 1. The average molecular weight is 196 g/mol. The van der Waals surface area contributed by atoms with Gasteiger partial charge in [-0.2, -0.15) is 13.2 Å². The van der Waals surface area contributed by atoms with Gasteiger partial charge in [0.1, 0.15) is 0 Å². The van der Waals surface area contributed by atoms with Gasteiger partial charge in [-0.3, -0.25) is 0 Å². The van der Waals surface area contributed by atoms with Gasteiger partial charge in [-0.05, 0) is 6.42 Å². The molecule has 0 aromatic heterocycles. The molecule has 0 saturated carbocycles. The van der Waals surface area contributed by atoms with Crippen molar-refractivity contribution in [1.82, 2.24) is 10.2 Å². The zero-order chi connectivity index (χ0) is 9.90. The van der Waals surface area contributed by atoms with Crippen molar-refractivity contribution in [2.24, 2.45) is 0 Å². The molecule has 0 spiro atoms. The summed E-state index contributed by atoms with van der Waals surface area (Å²) < 4.78 is 34.9. The van der Waals surface area contributed by atoms with E-state index >= 15 is 0 Å². The number of halogens is 3. The van der Waals surface area contributed by atoms with Crippen LogP contribution in [0.15, 0.2) is 0 Å². The van der Waals surface area contributed by atoms with Gasteiger partial charge in [-0.15, -0.1) is 0 Å². The summed E-state index contributed by atoms with van der Waals surface area (Å²) >= 11 is 0. The van der Waals surface area contributed by atoms with Crippen molar-refractivity contribution >= 4 is 6.03 Å². The second kappa shape index (κ2) is 3.85. The highest BCUT2D eigenvalue weighted by Gasteiger charge is 2.27. The molecule has 0 unspecified atom stereocenters. The van der Waals surface area contributed by atoms with Crippen molar-refractivity contribution in [2.75, 3.05) is 19.6 Å². The molecule has 1 saturated heterocycles. The number of carbonyl (C=O) groups is 1. The summed E-state index contributed by atoms with van der Waals surface area (Å²) in [7, 11) is 0. The largest absolute Gasteiger partial charge is 0.390 e. The summed E-state index contributed by atoms with van der Waals surface area (Å²) in [5.74, 6) is 0. The van der Waals surface area contributed by atoms with Crippen LogP contribution in [0.1, 0.15) is 12.8 Å². The first-order valence-corrected chi connectivity index (χ1v) is 4.08. The number of nitrogens with one attached hydrogen (secondary N) is 1. The van der Waals surface area contributed by atoms with Gasteiger partial charge in [0.2, 0.25) is 0 Å². The molecule has 0 aliphatic carbocycles. The van der Waals surface area contributed by atoms with E-state index in [1.165, 1.54) is 4.90 Å². The number of urea groups is 1. The molecule has 1 aliphatic rings. The number of amides is 2. The Balaban J connectivity index is 2.08. The summed E-state index contributed by atoms with van der Waals surface area (Å²) in [5.41, 5.74) is 0. The van der Waals surface area contributed by atoms with E-state index in [9.17, 15) is 18.0 Å². The normalized spacial score (nSPS) is 16.7. The summed E-state index contributed by atoms with van der Waals surface area (Å²) in [6.45, 7) is 0.967. The first kappa shape index (κ1) is 10.1. The zero-order valence-corrected chi connectivity index (χ0v) is 7.02. The fraction of sp³-hybridized carbons (Fsp3) is 0.857. The lowest BCUT2D eigenvalue weighted by atomic mass is 10.2. The van der Waals surface area contributed by atoms with Gasteiger partial charge in [0.05, 0.1) is 6.42 Å². The van der Waals surface area contributed by atoms with E-state index in [4.69, 9.17) is 0 Å². The molecule has 0 aromatic carbocycles. The number of alkyl halides is 3. The van der Waals surface area contributed by atoms with Crippen LogP contribution in [0.3, 0.4) is 0 Å². The summed E-state index contributed by atoms with van der Waals surface area (Å²) in [6.07, 6.45) is -4.22. The second-order valence-corrected chi connectivity index (χ2v) is 2.94. The molecule has 0 atom stereocenters. The quantitative estimate of drug-likeness (QED) is 0.710. The molecule has 76 valence electrons. The van der Waals surface area contributed by atoms with E-state index in [-0.39, 0.29) is 6.54 Å². The maximum absolute atomic E-state index is 11.6. The van der Waals surface area contributed by atoms with Crippen molar-refractivity contribution in [3.8, 4) is 0 Å². The van der Waals surface area contributed by atoms with Gasteiger partial charge in [-0.1, -0.05) is 0 Å². The van der Waals surface area contributed by atoms with Crippen molar-refractivity contribution in [3.63, 3.8) is 0 Å². The minimum atomic E-state index is -4.19. The molecular weight excluding hydrogens is 185 g/mol. The van der Waals surface area contributed by atoms with Gasteiger partial charge in [0.25, 0.3) is 0 Å². The van der Waals surface area contributed by atoms with Crippen LogP contribution in [0.2, 0.25) is 0 Å². The van der Waals surface area contributed by atoms with E-state index in [2.05, 4.69) is 5.32 Å². The van der Waals surface area contributed by atoms with E-state index in [1.807, 2.05) is 0 Å². The van der Waals surface area contributed by atoms with Gasteiger partial charge < -0.3 is 10.2 Å². The highest BCUT2D eigenvalue weighted by molar-refractivity contribution is 5.74. The summed E-state index contributed by atoms with van der Waals surface area (Å²) in [5, 5.41) is 2.21. The third-order valence-corrected chi connectivity index (χ3v) is 1.83. The smallest absolute Gasteiger partial charge is 0.338 e. The third-order valence-electron chi connectivity index (χ3n) is 1.83. The van der Waals surface area contributed by atoms with Crippen LogP contribution in [0.25, 0.3) is 0 Å². The Morgan fingerprint density at radius 2 is 2.00 bits per heavy atom. The summed E-state index contributed by atoms with van der Waals surface area (Å²) in [6, 6.07) is -0.393. The molecule has 3 nitrogen and oxygen atoms in total. The highest BCUT2D eigenvalue weighted by atomic mass is 19.4. The number of rotatable bonds is 2. The second-order valence-electron chi connectivity index (χ2n) is 2.94. The van der Waals surface area contributed by atoms with Crippen molar-refractivity contribution < 1.29 is 18.0 Å². The molecule has 0 aromatic rings. The zero-order valence-electron chi connectivity index (χ0n) is 7.02. The van der Waals surface area contributed by atoms with E-state index in [0.29, 0.717) is 13.1 Å². The lowest BCUT2D eigenvalue weighted by molar-refractivity contribution is -0.133. The summed E-state index contributed by atoms with van der Waals surface area (Å²) in [4.78, 5) is 12.4. The van der Waals surface area contributed by atoms with Crippen LogP contribution >= 0.6 is 0 Å². The molecule has 0 bridgehead atoms. The lowest BCUT2D eigenvalue weighted by Crippen LogP contribution is -2.48. The number of hydrogen-bond acceptors (Lipinski definition) is 1. The SMILES string of the molecule is O=C(NCCC(F)(F)F)N1CCC1. The van der Waals surface area contributed by atoms with Gasteiger partial charge in [0.15, 0.2) is 0 Å². The topological polar surface area (TPSA) is 32.3 Å². The van der Waals surface area contributed by atoms with E-state index < -0.39 is 18.6 Å². The molecule has 13 heavy (non-hydrogen) atoms. The van der Waals surface area contributed by atoms with Crippen molar-refractivity contribution in [2.45, 2.75) is 19.0 Å². The third kappa shape index (κ3) is 3.52. The molecule has 6 heteroatoms. The van der Waals surface area contributed by atoms with Crippen LogP contribution < -0.4 is 5.32 Å². The van der Waals surface area contributed by atoms with Crippen LogP contribution in [0.4, 0.5) is 18.0 Å². The monoisotopic (exact) mass is 196 g/mol. The molecule has 1 rings (SSSR count). The number of nitrogens with zero attached hydrogens (tertiary/aromatic N) is 1. The lowest BCUT2D eigenvalue weighted by Gasteiger charge is -2.30. The van der Waals surface area contributed by atoms with Crippen LogP contribution in [-0.4, -0.2) is 36.7 Å². The predicted octanol–water partition coefficient (Wildman–Crippen LogP) is 1.35. The van der Waals surface area contributed by atoms with E-state index in [1.54, 1.807) is 0 Å². The Morgan fingerprint density at radius 1 is 1.38 bits per heavy atom. The fourth-order valence-electron chi connectivity index (χ4n) is 0.942. The Morgan fingerprint density at radius 3 is 2.38 bits per heavy atom. The first-order chi connectivity index (χ1) is 5.99.